The second kappa shape index (κ2) is 5.83. The van der Waals surface area contributed by atoms with Crippen molar-refractivity contribution < 1.29 is 5.21 Å². The van der Waals surface area contributed by atoms with Gasteiger partial charge in [-0.2, -0.15) is 5.10 Å². The van der Waals surface area contributed by atoms with Crippen LogP contribution < -0.4 is 10.6 Å². The molecule has 1 atom stereocenters. The molecule has 0 amide bonds. The molecule has 1 fully saturated rings. The number of hydrogen-bond donors (Lipinski definition) is 2. The second-order valence-electron chi connectivity index (χ2n) is 5.05. The molecule has 2 heterocycles. The van der Waals surface area contributed by atoms with Crippen molar-refractivity contribution in [2.75, 3.05) is 38.6 Å². The Morgan fingerprint density at radius 1 is 1.68 bits per heavy atom. The van der Waals surface area contributed by atoms with E-state index in [2.05, 4.69) is 27.3 Å². The summed E-state index contributed by atoms with van der Waals surface area (Å²) in [7, 11) is 4.08. The fourth-order valence-corrected chi connectivity index (χ4v) is 2.51. The maximum absolute atomic E-state index is 8.80. The van der Waals surface area contributed by atoms with Gasteiger partial charge in [-0.25, -0.2) is 0 Å². The average molecular weight is 264 g/mol. The lowest BCUT2D eigenvalue weighted by Crippen LogP contribution is -2.30. The van der Waals surface area contributed by atoms with E-state index in [1.165, 1.54) is 12.6 Å². The smallest absolute Gasteiger partial charge is 0.173 e. The number of likely N-dealkylation sites (tertiary alicyclic amines) is 1. The van der Waals surface area contributed by atoms with E-state index in [0.29, 0.717) is 17.3 Å². The Kier molecular flexibility index (Phi) is 4.16. The molecule has 1 aromatic rings. The van der Waals surface area contributed by atoms with Crippen molar-refractivity contribution in [3.05, 3.63) is 17.8 Å². The van der Waals surface area contributed by atoms with E-state index in [9.17, 15) is 0 Å². The van der Waals surface area contributed by atoms with Crippen LogP contribution in [0.25, 0.3) is 0 Å². The molecule has 7 heteroatoms. The lowest BCUT2D eigenvalue weighted by atomic mass is 10.1. The highest BCUT2D eigenvalue weighted by molar-refractivity contribution is 6.01. The van der Waals surface area contributed by atoms with Crippen LogP contribution in [0.1, 0.15) is 12.0 Å². The molecule has 1 saturated heterocycles. The molecule has 3 N–H and O–H groups in total. The van der Waals surface area contributed by atoms with Crippen LogP contribution >= 0.6 is 0 Å². The van der Waals surface area contributed by atoms with E-state index in [1.807, 2.05) is 11.9 Å². The average Bonchev–Trinajstić information content (AvgIpc) is 2.83. The Hall–Kier alpha value is -1.89. The van der Waals surface area contributed by atoms with Crippen molar-refractivity contribution in [3.8, 4) is 0 Å². The van der Waals surface area contributed by atoms with E-state index < -0.39 is 0 Å². The summed E-state index contributed by atoms with van der Waals surface area (Å²) in [6.07, 6.45) is 2.72. The maximum atomic E-state index is 8.80. The van der Waals surface area contributed by atoms with Gasteiger partial charge in [0.05, 0.1) is 11.8 Å². The van der Waals surface area contributed by atoms with Gasteiger partial charge >= 0.3 is 0 Å². The number of rotatable bonds is 4. The van der Waals surface area contributed by atoms with Gasteiger partial charge in [-0.05, 0) is 32.0 Å². The van der Waals surface area contributed by atoms with Crippen LogP contribution in [-0.4, -0.2) is 59.9 Å². The summed E-state index contributed by atoms with van der Waals surface area (Å²) in [5, 5.41) is 19.8. The molecule has 0 aliphatic carbocycles. The molecule has 7 nitrogen and oxygen atoms in total. The predicted octanol–water partition coefficient (Wildman–Crippen LogP) is -0.0410. The summed E-state index contributed by atoms with van der Waals surface area (Å²) < 4.78 is 0. The Morgan fingerprint density at radius 2 is 2.47 bits per heavy atom. The predicted molar refractivity (Wildman–Crippen MR) is 73.4 cm³/mol. The number of aromatic nitrogens is 2. The quantitative estimate of drug-likeness (QED) is 0.343. The molecule has 2 rings (SSSR count). The third kappa shape index (κ3) is 3.11. The Bertz CT molecular complexity index is 463. The normalized spacial score (nSPS) is 20.7. The third-order valence-electron chi connectivity index (χ3n) is 3.47. The number of nitrogens with two attached hydrogens (primary N) is 1. The minimum atomic E-state index is 0.0558. The standard InChI is InChI=1S/C12H20N6O/c1-17-6-4-9(7-17)8-18(2)12-10(11(13)16-19)3-5-14-15-12/h3,5,9,19H,4,6-8H2,1-2H3,(H2,13,16). The first kappa shape index (κ1) is 13.5. The molecular formula is C12H20N6O. The van der Waals surface area contributed by atoms with Crippen molar-refractivity contribution in [2.45, 2.75) is 6.42 Å². The molecule has 0 aromatic carbocycles. The van der Waals surface area contributed by atoms with Gasteiger partial charge in [0.2, 0.25) is 0 Å². The Morgan fingerprint density at radius 3 is 3.11 bits per heavy atom. The van der Waals surface area contributed by atoms with Gasteiger partial charge in [0.25, 0.3) is 0 Å². The molecule has 1 unspecified atom stereocenters. The minimum absolute atomic E-state index is 0.0558. The minimum Gasteiger partial charge on any atom is -0.409 e. The van der Waals surface area contributed by atoms with Gasteiger partial charge in [0.1, 0.15) is 0 Å². The Balaban J connectivity index is 2.12. The van der Waals surface area contributed by atoms with Crippen molar-refractivity contribution in [2.24, 2.45) is 16.8 Å². The van der Waals surface area contributed by atoms with Gasteiger partial charge in [-0.15, -0.1) is 5.10 Å². The van der Waals surface area contributed by atoms with E-state index >= 15 is 0 Å². The molecule has 0 saturated carbocycles. The molecule has 19 heavy (non-hydrogen) atoms. The van der Waals surface area contributed by atoms with Gasteiger partial charge in [0, 0.05) is 20.1 Å². The second-order valence-corrected chi connectivity index (χ2v) is 5.05. The summed E-state index contributed by atoms with van der Waals surface area (Å²) in [5.41, 5.74) is 6.26. The van der Waals surface area contributed by atoms with E-state index in [-0.39, 0.29) is 5.84 Å². The Labute approximate surface area is 112 Å². The number of amidine groups is 1. The summed E-state index contributed by atoms with van der Waals surface area (Å²) >= 11 is 0. The van der Waals surface area contributed by atoms with Crippen LogP contribution in [0.5, 0.6) is 0 Å². The van der Waals surface area contributed by atoms with Gasteiger partial charge < -0.3 is 20.7 Å². The van der Waals surface area contributed by atoms with Crippen LogP contribution in [0, 0.1) is 5.92 Å². The van der Waals surface area contributed by atoms with E-state index in [0.717, 1.165) is 19.6 Å². The number of hydrogen-bond acceptors (Lipinski definition) is 6. The number of nitrogens with zero attached hydrogens (tertiary/aromatic N) is 5. The maximum Gasteiger partial charge on any atom is 0.173 e. The van der Waals surface area contributed by atoms with Crippen LogP contribution in [0.3, 0.4) is 0 Å². The topological polar surface area (TPSA) is 90.9 Å². The van der Waals surface area contributed by atoms with E-state index in [4.69, 9.17) is 10.9 Å². The number of oxime groups is 1. The van der Waals surface area contributed by atoms with Crippen molar-refractivity contribution in [1.82, 2.24) is 15.1 Å². The fourth-order valence-electron chi connectivity index (χ4n) is 2.51. The summed E-state index contributed by atoms with van der Waals surface area (Å²) in [6.45, 7) is 3.10. The zero-order valence-electron chi connectivity index (χ0n) is 11.3. The van der Waals surface area contributed by atoms with Crippen LogP contribution in [-0.2, 0) is 0 Å². The molecule has 0 bridgehead atoms. The van der Waals surface area contributed by atoms with Crippen LogP contribution in [0.4, 0.5) is 5.82 Å². The first-order valence-corrected chi connectivity index (χ1v) is 6.31. The molecular weight excluding hydrogens is 244 g/mol. The first-order chi connectivity index (χ1) is 9.11. The fraction of sp³-hybridized carbons (Fsp3) is 0.583. The molecule has 1 aromatic heterocycles. The SMILES string of the molecule is CN1CCC(CN(C)c2nnccc2/C(N)=N/O)C1. The first-order valence-electron chi connectivity index (χ1n) is 6.31. The largest absolute Gasteiger partial charge is 0.409 e. The highest BCUT2D eigenvalue weighted by Gasteiger charge is 2.22. The van der Waals surface area contributed by atoms with Crippen LogP contribution in [0.15, 0.2) is 17.4 Å². The third-order valence-corrected chi connectivity index (χ3v) is 3.47. The van der Waals surface area contributed by atoms with Crippen molar-refractivity contribution >= 4 is 11.7 Å². The van der Waals surface area contributed by atoms with Gasteiger partial charge in [0.15, 0.2) is 11.7 Å². The van der Waals surface area contributed by atoms with Crippen molar-refractivity contribution in [3.63, 3.8) is 0 Å². The van der Waals surface area contributed by atoms with Gasteiger partial charge in [-0.3, -0.25) is 0 Å². The molecule has 0 radical (unpaired) electrons. The highest BCUT2D eigenvalue weighted by Crippen LogP contribution is 2.20. The molecule has 1 aliphatic heterocycles. The summed E-state index contributed by atoms with van der Waals surface area (Å²) in [6, 6.07) is 1.70. The van der Waals surface area contributed by atoms with Gasteiger partial charge in [-0.1, -0.05) is 5.16 Å². The molecule has 1 aliphatic rings. The zero-order chi connectivity index (χ0) is 13.8. The summed E-state index contributed by atoms with van der Waals surface area (Å²) in [5.74, 6) is 1.31. The molecule has 0 spiro atoms. The molecule has 104 valence electrons. The monoisotopic (exact) mass is 264 g/mol. The lowest BCUT2D eigenvalue weighted by Gasteiger charge is -2.23. The van der Waals surface area contributed by atoms with E-state index in [1.54, 1.807) is 6.07 Å². The zero-order valence-corrected chi connectivity index (χ0v) is 11.3. The highest BCUT2D eigenvalue weighted by atomic mass is 16.4. The summed E-state index contributed by atoms with van der Waals surface area (Å²) in [4.78, 5) is 4.34. The van der Waals surface area contributed by atoms with Crippen LogP contribution in [0.2, 0.25) is 0 Å². The van der Waals surface area contributed by atoms with Crippen molar-refractivity contribution in [1.29, 1.82) is 0 Å². The lowest BCUT2D eigenvalue weighted by molar-refractivity contribution is 0.318. The number of anilines is 1.